The largest absolute Gasteiger partial charge is 0.366 e. The van der Waals surface area contributed by atoms with Crippen LogP contribution in [0.1, 0.15) is 86.0 Å². The number of nitrogens with zero attached hydrogens (tertiary/aromatic N) is 2. The van der Waals surface area contributed by atoms with Crippen molar-refractivity contribution in [1.82, 2.24) is 20.4 Å². The molecule has 0 radical (unpaired) electrons. The van der Waals surface area contributed by atoms with Crippen LogP contribution in [0, 0.1) is 0 Å². The van der Waals surface area contributed by atoms with E-state index >= 15 is 0 Å². The average molecular weight is 523 g/mol. The normalized spacial score (nSPS) is 30.2. The molecule has 8 heteroatoms. The molecule has 6 rings (SSSR count). The third kappa shape index (κ3) is 4.69. The molecule has 8 nitrogen and oxygen atoms in total. The second-order valence-corrected chi connectivity index (χ2v) is 12.2. The zero-order valence-corrected chi connectivity index (χ0v) is 22.6. The molecule has 206 valence electrons. The molecule has 2 amide bonds. The molecule has 3 atom stereocenters. The molecule has 5 aliphatic rings. The van der Waals surface area contributed by atoms with Crippen molar-refractivity contribution in [2.45, 2.75) is 99.9 Å². The van der Waals surface area contributed by atoms with E-state index in [1.807, 2.05) is 19.2 Å². The fraction of sp³-hybridized carbons (Fsp3) is 0.700. The summed E-state index contributed by atoms with van der Waals surface area (Å²) in [6, 6.07) is 8.20. The van der Waals surface area contributed by atoms with Crippen molar-refractivity contribution < 1.29 is 19.1 Å². The van der Waals surface area contributed by atoms with Crippen molar-refractivity contribution in [2.75, 3.05) is 33.3 Å². The molecule has 3 saturated heterocycles. The van der Waals surface area contributed by atoms with Crippen molar-refractivity contribution in [3.8, 4) is 0 Å². The fourth-order valence-electron chi connectivity index (χ4n) is 7.49. The number of rotatable bonds is 6. The highest BCUT2D eigenvalue weighted by molar-refractivity contribution is 6.01. The van der Waals surface area contributed by atoms with Gasteiger partial charge in [-0.1, -0.05) is 37.8 Å². The molecule has 5 fully saturated rings. The number of amides is 2. The summed E-state index contributed by atoms with van der Waals surface area (Å²) in [4.78, 5) is 44.6. The van der Waals surface area contributed by atoms with Crippen LogP contribution in [0.5, 0.6) is 0 Å². The number of ketones is 1. The zero-order valence-electron chi connectivity index (χ0n) is 22.6. The van der Waals surface area contributed by atoms with Crippen molar-refractivity contribution in [3.63, 3.8) is 0 Å². The molecule has 2 saturated carbocycles. The lowest BCUT2D eigenvalue weighted by Gasteiger charge is -2.42. The lowest BCUT2D eigenvalue weighted by atomic mass is 9.80. The molecule has 3 aliphatic heterocycles. The van der Waals surface area contributed by atoms with E-state index in [2.05, 4.69) is 27.7 Å². The number of Topliss-reactive ketones (excluding diaryl/α,β-unsaturated/α-hetero) is 1. The number of carbonyl (C=O) groups is 3. The van der Waals surface area contributed by atoms with Gasteiger partial charge >= 0.3 is 0 Å². The van der Waals surface area contributed by atoms with Gasteiger partial charge in [0.05, 0.1) is 6.04 Å². The van der Waals surface area contributed by atoms with E-state index in [1.165, 1.54) is 50.8 Å². The van der Waals surface area contributed by atoms with Gasteiger partial charge in [-0.15, -0.1) is 0 Å². The Bertz CT molecular complexity index is 1040. The summed E-state index contributed by atoms with van der Waals surface area (Å²) in [5, 5.41) is 6.38. The molecular formula is C30H42N4O4. The summed E-state index contributed by atoms with van der Waals surface area (Å²) in [6.07, 6.45) is 10.1. The first-order valence-corrected chi connectivity index (χ1v) is 14.8. The highest BCUT2D eigenvalue weighted by Gasteiger charge is 2.55. The number of piperidine rings is 1. The SMILES string of the molecule is CN[C@H]1CN(C(=O)C2(NC(=O)c3ccc(C4CCN(C5CCC5)CC4)cc3)CCCCC2)[C@@H]2C(=O)CO[C@H]12. The third-order valence-electron chi connectivity index (χ3n) is 10.1. The number of hydrogen-bond acceptors (Lipinski definition) is 6. The van der Waals surface area contributed by atoms with Crippen LogP contribution in [0.4, 0.5) is 0 Å². The molecule has 2 aliphatic carbocycles. The molecule has 1 aromatic rings. The maximum Gasteiger partial charge on any atom is 0.252 e. The second kappa shape index (κ2) is 10.7. The van der Waals surface area contributed by atoms with Crippen LogP contribution in [0.3, 0.4) is 0 Å². The van der Waals surface area contributed by atoms with Gasteiger partial charge in [0, 0.05) is 18.2 Å². The highest BCUT2D eigenvalue weighted by atomic mass is 16.5. The molecule has 0 bridgehead atoms. The van der Waals surface area contributed by atoms with Gasteiger partial charge in [-0.2, -0.15) is 0 Å². The molecule has 3 heterocycles. The topological polar surface area (TPSA) is 91.0 Å². The molecule has 1 aromatic carbocycles. The number of likely N-dealkylation sites (tertiary alicyclic amines) is 2. The van der Waals surface area contributed by atoms with Gasteiger partial charge in [-0.05, 0) is 82.3 Å². The van der Waals surface area contributed by atoms with E-state index in [1.54, 1.807) is 4.90 Å². The van der Waals surface area contributed by atoms with Crippen LogP contribution < -0.4 is 10.6 Å². The molecule has 38 heavy (non-hydrogen) atoms. The van der Waals surface area contributed by atoms with Gasteiger partial charge in [0.15, 0.2) is 5.78 Å². The van der Waals surface area contributed by atoms with Gasteiger partial charge in [0.2, 0.25) is 5.91 Å². The maximum atomic E-state index is 14.1. The first-order valence-electron chi connectivity index (χ1n) is 14.8. The van der Waals surface area contributed by atoms with Crippen LogP contribution >= 0.6 is 0 Å². The van der Waals surface area contributed by atoms with E-state index in [4.69, 9.17) is 4.74 Å². The van der Waals surface area contributed by atoms with Gasteiger partial charge in [-0.25, -0.2) is 0 Å². The lowest BCUT2D eigenvalue weighted by Crippen LogP contribution is -2.62. The van der Waals surface area contributed by atoms with Crippen LogP contribution in [0.2, 0.25) is 0 Å². The summed E-state index contributed by atoms with van der Waals surface area (Å²) in [5.74, 6) is 0.158. The number of fused-ring (bicyclic) bond motifs is 1. The number of nitrogens with one attached hydrogen (secondary N) is 2. The first kappa shape index (κ1) is 26.0. The van der Waals surface area contributed by atoms with E-state index < -0.39 is 11.6 Å². The number of likely N-dealkylation sites (N-methyl/N-ethyl adjacent to an activating group) is 1. The van der Waals surface area contributed by atoms with E-state index in [-0.39, 0.29) is 36.4 Å². The Labute approximate surface area is 225 Å². The van der Waals surface area contributed by atoms with Crippen LogP contribution in [-0.2, 0) is 14.3 Å². The number of hydrogen-bond donors (Lipinski definition) is 2. The Morgan fingerprint density at radius 3 is 2.32 bits per heavy atom. The molecular weight excluding hydrogens is 480 g/mol. The smallest absolute Gasteiger partial charge is 0.252 e. The van der Waals surface area contributed by atoms with Gasteiger partial charge < -0.3 is 25.2 Å². The van der Waals surface area contributed by atoms with Crippen molar-refractivity contribution in [2.24, 2.45) is 0 Å². The Kier molecular flexibility index (Phi) is 7.31. The van der Waals surface area contributed by atoms with E-state index in [0.717, 1.165) is 25.3 Å². The predicted octanol–water partition coefficient (Wildman–Crippen LogP) is 2.62. The Morgan fingerprint density at radius 2 is 1.68 bits per heavy atom. The van der Waals surface area contributed by atoms with Crippen molar-refractivity contribution in [3.05, 3.63) is 35.4 Å². The monoisotopic (exact) mass is 522 g/mol. The number of ether oxygens (including phenoxy) is 1. The maximum absolute atomic E-state index is 14.1. The lowest BCUT2D eigenvalue weighted by molar-refractivity contribution is -0.143. The zero-order chi connectivity index (χ0) is 26.3. The molecule has 0 aromatic heterocycles. The van der Waals surface area contributed by atoms with E-state index in [0.29, 0.717) is 30.9 Å². The van der Waals surface area contributed by atoms with Gasteiger partial charge in [0.1, 0.15) is 24.3 Å². The van der Waals surface area contributed by atoms with Crippen LogP contribution in [-0.4, -0.2) is 90.5 Å². The minimum absolute atomic E-state index is 0.0443. The summed E-state index contributed by atoms with van der Waals surface area (Å²) >= 11 is 0. The Morgan fingerprint density at radius 1 is 0.974 bits per heavy atom. The Hall–Kier alpha value is -2.29. The molecule has 0 unspecified atom stereocenters. The Balaban J connectivity index is 1.14. The predicted molar refractivity (Wildman–Crippen MR) is 144 cm³/mol. The number of benzene rings is 1. The average Bonchev–Trinajstić information content (AvgIpc) is 3.48. The van der Waals surface area contributed by atoms with Gasteiger partial charge in [-0.3, -0.25) is 14.4 Å². The van der Waals surface area contributed by atoms with Crippen LogP contribution in [0.25, 0.3) is 0 Å². The summed E-state index contributed by atoms with van der Waals surface area (Å²) in [7, 11) is 1.83. The molecule has 0 spiro atoms. The first-order chi connectivity index (χ1) is 18.5. The molecule has 2 N–H and O–H groups in total. The number of carbonyl (C=O) groups excluding carboxylic acids is 3. The minimum Gasteiger partial charge on any atom is -0.366 e. The summed E-state index contributed by atoms with van der Waals surface area (Å²) in [5.41, 5.74) is 0.920. The second-order valence-electron chi connectivity index (χ2n) is 12.2. The standard InChI is InChI=1S/C30H42N4O4/c1-31-24-18-34(26-25(35)19-38-27(24)26)29(37)30(14-3-2-4-15-30)32-28(36)22-10-8-20(9-11-22)21-12-16-33(17-13-21)23-6-5-7-23/h8-11,21,23-24,26-27,31H,2-7,12-19H2,1H3,(H,32,36)/t24-,26+,27+/m0/s1. The highest BCUT2D eigenvalue weighted by Crippen LogP contribution is 2.36. The van der Waals surface area contributed by atoms with Crippen molar-refractivity contribution >= 4 is 17.6 Å². The van der Waals surface area contributed by atoms with Crippen LogP contribution in [0.15, 0.2) is 24.3 Å². The third-order valence-corrected chi connectivity index (χ3v) is 10.1. The summed E-state index contributed by atoms with van der Waals surface area (Å²) < 4.78 is 5.74. The summed E-state index contributed by atoms with van der Waals surface area (Å²) in [6.45, 7) is 2.80. The van der Waals surface area contributed by atoms with E-state index in [9.17, 15) is 14.4 Å². The van der Waals surface area contributed by atoms with Crippen molar-refractivity contribution in [1.29, 1.82) is 0 Å². The fourth-order valence-corrected chi connectivity index (χ4v) is 7.49. The quantitative estimate of drug-likeness (QED) is 0.597. The minimum atomic E-state index is -0.974. The van der Waals surface area contributed by atoms with Gasteiger partial charge in [0.25, 0.3) is 5.91 Å².